The van der Waals surface area contributed by atoms with Gasteiger partial charge in [0, 0.05) is 56.9 Å². The van der Waals surface area contributed by atoms with Gasteiger partial charge in [0.25, 0.3) is 11.7 Å². The Balaban J connectivity index is 1.49. The molecule has 3 aliphatic heterocycles. The number of methoxy groups -OCH3 is 2. The topological polar surface area (TPSA) is 219 Å². The lowest BCUT2D eigenvalue weighted by molar-refractivity contribution is -0.264. The molecular weight excluding hydrogens is 931 g/mol. The number of Topliss-reactive ketones (excluding diaryl/α,β-unsaturated/α-hetero) is 2. The van der Waals surface area contributed by atoms with Crippen molar-refractivity contribution in [2.45, 2.75) is 192 Å². The quantitative estimate of drug-likeness (QED) is 0.0963. The Labute approximate surface area is 435 Å². The molecule has 2 bridgehead atoms. The summed E-state index contributed by atoms with van der Waals surface area (Å²) >= 11 is 0. The summed E-state index contributed by atoms with van der Waals surface area (Å²) in [5.74, 6) is -6.50. The number of rotatable bonds is 9. The SMILES string of the molecule is COC1CC(C[C@@H](C)[C@@H]2CC[C@H](N)/C=C(\C)C(O)[C@@H](OC)C(=O)C(C)C[C@H](C)/C=C/C=C/C=C(\C)CC(N(CCO)c3ccccc3)C[C@@H]3CCC(C)C(O)(O3)C(=O)C(=O)N3CCCCC3C(=O)O2)CC[C@H]1O. The fraction of sp³-hybridized carbons (Fsp3) is 0.690. The van der Waals surface area contributed by atoms with Crippen molar-refractivity contribution >= 4 is 29.1 Å². The van der Waals surface area contributed by atoms with Crippen LogP contribution in [0.25, 0.3) is 0 Å². The number of nitrogens with two attached hydrogens (primary N) is 1. The van der Waals surface area contributed by atoms with Gasteiger partial charge in [-0.1, -0.05) is 87.9 Å². The van der Waals surface area contributed by atoms with Gasteiger partial charge in [0.1, 0.15) is 24.4 Å². The third kappa shape index (κ3) is 16.5. The minimum Gasteiger partial charge on any atom is -0.461 e. The summed E-state index contributed by atoms with van der Waals surface area (Å²) in [6.07, 6.45) is 14.3. The van der Waals surface area contributed by atoms with Crippen LogP contribution in [0.15, 0.2) is 77.9 Å². The first kappa shape index (κ1) is 59.8. The van der Waals surface area contributed by atoms with Gasteiger partial charge in [-0.05, 0) is 139 Å². The van der Waals surface area contributed by atoms with Gasteiger partial charge in [-0.2, -0.15) is 0 Å². The monoisotopic (exact) mass is 1020 g/mol. The van der Waals surface area contributed by atoms with Gasteiger partial charge in [-0.25, -0.2) is 4.79 Å². The molecular formula is C58H89N3O12. The average Bonchev–Trinajstić information content (AvgIpc) is 3.37. The standard InChI is InChI=1S/C58H89N3O12/c1-37-17-11-9-12-18-38(2)32-46(60(29-30-62)45-19-13-10-14-20-45)36-47-25-22-42(6)58(69,73-47)55(66)56(67)61-28-16-15-21-48(61)57(68)72-50(39(3)33-43-23-26-49(63)51(35-43)70-7)27-24-44(59)34-41(5)53(65)54(71-8)52(64)40(4)31-37/h9-14,17-20,34,37,39-40,42-44,46-51,53-54,62-63,65,69H,15-16,21-33,35-36,59H2,1-8H3/b12-9+,17-11+,38-18+,41-34+/t37-,39-,40?,42?,43?,44+,46?,47+,48?,49-,50+,51?,53?,54+,58?/m1/s1. The van der Waals surface area contributed by atoms with Crippen LogP contribution >= 0.6 is 0 Å². The molecule has 8 unspecified atom stereocenters. The molecule has 5 rings (SSSR count). The average molecular weight is 1020 g/mol. The molecule has 1 aromatic carbocycles. The second kappa shape index (κ2) is 28.7. The number of anilines is 1. The van der Waals surface area contributed by atoms with E-state index in [4.69, 9.17) is 24.7 Å². The third-order valence-corrected chi connectivity index (χ3v) is 16.0. The molecule has 1 amide bonds. The Kier molecular flexibility index (Phi) is 23.5. The van der Waals surface area contributed by atoms with Crippen LogP contribution in [-0.2, 0) is 38.1 Å². The van der Waals surface area contributed by atoms with Gasteiger partial charge in [0.05, 0.1) is 24.9 Å². The first-order chi connectivity index (χ1) is 34.8. The molecule has 0 radical (unpaired) electrons. The maximum atomic E-state index is 14.6. The van der Waals surface area contributed by atoms with Gasteiger partial charge in [0.2, 0.25) is 5.79 Å². The Bertz CT molecular complexity index is 2060. The number of fused-ring (bicyclic) bond motifs is 3. The van der Waals surface area contributed by atoms with Crippen molar-refractivity contribution in [1.29, 1.82) is 0 Å². The molecule has 6 N–H and O–H groups in total. The summed E-state index contributed by atoms with van der Waals surface area (Å²) in [6.45, 7) is 11.7. The summed E-state index contributed by atoms with van der Waals surface area (Å²) in [5.41, 5.74) is 9.13. The van der Waals surface area contributed by atoms with Crippen LogP contribution in [0.3, 0.4) is 0 Å². The number of ketones is 2. The first-order valence-corrected chi connectivity index (χ1v) is 27.1. The summed E-state index contributed by atoms with van der Waals surface area (Å²) in [6, 6.07) is 7.84. The predicted octanol–water partition coefficient (Wildman–Crippen LogP) is 6.94. The summed E-state index contributed by atoms with van der Waals surface area (Å²) in [5, 5.41) is 44.7. The van der Waals surface area contributed by atoms with E-state index >= 15 is 0 Å². The number of ether oxygens (including phenoxy) is 4. The Hall–Kier alpha value is -4.06. The highest BCUT2D eigenvalue weighted by Crippen LogP contribution is 2.38. The lowest BCUT2D eigenvalue weighted by Gasteiger charge is -2.44. The maximum Gasteiger partial charge on any atom is 0.329 e. The fourth-order valence-electron chi connectivity index (χ4n) is 11.6. The van der Waals surface area contributed by atoms with Crippen LogP contribution in [0.2, 0.25) is 0 Å². The number of carbonyl (C=O) groups is 4. The maximum absolute atomic E-state index is 14.6. The second-order valence-corrected chi connectivity index (χ2v) is 21.9. The molecule has 3 heterocycles. The van der Waals surface area contributed by atoms with Crippen LogP contribution in [0.4, 0.5) is 5.69 Å². The first-order valence-electron chi connectivity index (χ1n) is 27.1. The largest absolute Gasteiger partial charge is 0.461 e. The van der Waals surface area contributed by atoms with Crippen LogP contribution in [0.5, 0.6) is 0 Å². The molecule has 4 aliphatic rings. The van der Waals surface area contributed by atoms with Crippen molar-refractivity contribution < 1.29 is 58.6 Å². The molecule has 15 atom stereocenters. The summed E-state index contributed by atoms with van der Waals surface area (Å²) in [7, 11) is 3.01. The molecule has 408 valence electrons. The normalized spacial score (nSPS) is 37.3. The van der Waals surface area contributed by atoms with Gasteiger partial charge < -0.3 is 54.9 Å². The fourth-order valence-corrected chi connectivity index (χ4v) is 11.6. The predicted molar refractivity (Wildman–Crippen MR) is 282 cm³/mol. The van der Waals surface area contributed by atoms with E-state index in [0.717, 1.165) is 17.7 Å². The van der Waals surface area contributed by atoms with E-state index in [1.54, 1.807) is 27.0 Å². The zero-order valence-corrected chi connectivity index (χ0v) is 45.0. The molecule has 0 spiro atoms. The van der Waals surface area contributed by atoms with E-state index in [1.807, 2.05) is 88.4 Å². The van der Waals surface area contributed by atoms with Crippen LogP contribution in [-0.4, -0.2) is 143 Å². The minimum atomic E-state index is -2.45. The van der Waals surface area contributed by atoms with Crippen molar-refractivity contribution in [1.82, 2.24) is 4.90 Å². The molecule has 1 saturated carbocycles. The molecule has 1 aliphatic carbocycles. The van der Waals surface area contributed by atoms with E-state index in [9.17, 15) is 39.6 Å². The third-order valence-electron chi connectivity index (χ3n) is 16.0. The number of esters is 1. The summed E-state index contributed by atoms with van der Waals surface area (Å²) < 4.78 is 24.1. The molecule has 1 aromatic rings. The second-order valence-electron chi connectivity index (χ2n) is 21.9. The molecule has 3 fully saturated rings. The number of para-hydroxylation sites is 1. The number of aliphatic hydroxyl groups excluding tert-OH is 3. The lowest BCUT2D eigenvalue weighted by atomic mass is 9.78. The summed E-state index contributed by atoms with van der Waals surface area (Å²) in [4.78, 5) is 60.8. The molecule has 73 heavy (non-hydrogen) atoms. The van der Waals surface area contributed by atoms with Crippen molar-refractivity contribution in [3.8, 4) is 0 Å². The van der Waals surface area contributed by atoms with E-state index in [2.05, 4.69) is 4.90 Å². The number of piperidine rings is 1. The van der Waals surface area contributed by atoms with Crippen molar-refractivity contribution in [2.24, 2.45) is 35.3 Å². The van der Waals surface area contributed by atoms with E-state index in [0.29, 0.717) is 89.2 Å². The zero-order valence-electron chi connectivity index (χ0n) is 45.0. The van der Waals surface area contributed by atoms with E-state index in [-0.39, 0.29) is 55.3 Å². The number of hydrogen-bond donors (Lipinski definition) is 5. The van der Waals surface area contributed by atoms with Crippen molar-refractivity contribution in [2.75, 3.05) is 38.8 Å². The van der Waals surface area contributed by atoms with Crippen LogP contribution < -0.4 is 10.6 Å². The highest BCUT2D eigenvalue weighted by molar-refractivity contribution is 6.39. The lowest BCUT2D eigenvalue weighted by Crippen LogP contribution is -2.61. The van der Waals surface area contributed by atoms with Crippen molar-refractivity contribution in [3.05, 3.63) is 77.9 Å². The van der Waals surface area contributed by atoms with Gasteiger partial charge in [-0.3, -0.25) is 14.4 Å². The van der Waals surface area contributed by atoms with Gasteiger partial charge in [0.15, 0.2) is 5.78 Å². The Morgan fingerprint density at radius 1 is 0.890 bits per heavy atom. The van der Waals surface area contributed by atoms with Gasteiger partial charge in [-0.15, -0.1) is 0 Å². The van der Waals surface area contributed by atoms with E-state index < -0.39 is 77.9 Å². The van der Waals surface area contributed by atoms with Crippen LogP contribution in [0.1, 0.15) is 131 Å². The van der Waals surface area contributed by atoms with Crippen LogP contribution in [0, 0.1) is 29.6 Å². The highest BCUT2D eigenvalue weighted by atomic mass is 16.6. The Morgan fingerprint density at radius 2 is 1.63 bits per heavy atom. The molecule has 15 heteroatoms. The number of aliphatic hydroxyl groups is 4. The number of hydrogen-bond acceptors (Lipinski definition) is 14. The number of amides is 1. The number of carbonyl (C=O) groups excluding carboxylic acids is 4. The minimum absolute atomic E-state index is 0.0341. The number of cyclic esters (lactones) is 1. The Morgan fingerprint density at radius 3 is 2.33 bits per heavy atom. The highest BCUT2D eigenvalue weighted by Gasteiger charge is 2.53. The number of nitrogens with zero attached hydrogens (tertiary/aromatic N) is 2. The zero-order chi connectivity index (χ0) is 53.4. The smallest absolute Gasteiger partial charge is 0.329 e. The van der Waals surface area contributed by atoms with Crippen molar-refractivity contribution in [3.63, 3.8) is 0 Å². The molecule has 0 aromatic heterocycles. The van der Waals surface area contributed by atoms with E-state index in [1.165, 1.54) is 12.0 Å². The number of allylic oxidation sites excluding steroid dienone is 5. The number of benzene rings is 1. The van der Waals surface area contributed by atoms with Gasteiger partial charge >= 0.3 is 5.97 Å². The molecule has 15 nitrogen and oxygen atoms in total. The molecule has 2 saturated heterocycles.